The fraction of sp³-hybridized carbons (Fsp3) is 0.833. The predicted molar refractivity (Wildman–Crippen MR) is 122 cm³/mol. The van der Waals surface area contributed by atoms with Crippen LogP contribution in [0.3, 0.4) is 0 Å². The number of hydrogen-bond acceptors (Lipinski definition) is 5. The van der Waals surface area contributed by atoms with Crippen LogP contribution in [0.15, 0.2) is 24.7 Å². The first kappa shape index (κ1) is 39.3. The molecule has 0 spiro atoms. The molecule has 5 nitrogen and oxygen atoms in total. The molecule has 0 aliphatic carbocycles. The van der Waals surface area contributed by atoms with Crippen molar-refractivity contribution in [2.45, 2.75) is 101 Å². The average Bonchev–Trinajstić information content (AvgIpc) is 2.78. The lowest BCUT2D eigenvalue weighted by Gasteiger charge is -2.27. The quantitative estimate of drug-likeness (QED) is 0.0771. The van der Waals surface area contributed by atoms with Gasteiger partial charge < -0.3 is 23.7 Å². The van der Waals surface area contributed by atoms with Crippen LogP contribution in [0.25, 0.3) is 0 Å². The van der Waals surface area contributed by atoms with E-state index in [9.17, 15) is 52.7 Å². The Balaban J connectivity index is 5.28. The van der Waals surface area contributed by atoms with E-state index in [1.165, 1.54) is 0 Å². The van der Waals surface area contributed by atoms with Gasteiger partial charge in [-0.25, -0.2) is 0 Å². The maximum Gasteiger partial charge on any atom is 0.416 e. The fourth-order valence-corrected chi connectivity index (χ4v) is 2.86. The van der Waals surface area contributed by atoms with E-state index in [1.807, 2.05) is 0 Å². The molecular formula is C24H34F12O5. The molecule has 244 valence electrons. The minimum absolute atomic E-state index is 0.202. The van der Waals surface area contributed by atoms with Gasteiger partial charge >= 0.3 is 24.7 Å². The smallest absolute Gasteiger partial charge is 0.416 e. The zero-order chi connectivity index (χ0) is 32.1. The lowest BCUT2D eigenvalue weighted by molar-refractivity contribution is -0.265. The van der Waals surface area contributed by atoms with Crippen LogP contribution in [0.5, 0.6) is 0 Å². The highest BCUT2D eigenvalue weighted by atomic mass is 19.4. The summed E-state index contributed by atoms with van der Waals surface area (Å²) < 4.78 is 181. The van der Waals surface area contributed by atoms with Crippen LogP contribution in [0.1, 0.15) is 52.4 Å². The van der Waals surface area contributed by atoms with Gasteiger partial charge in [0.05, 0.1) is 24.7 Å². The number of unbranched alkanes of at least 4 members (excludes halogenated alkanes) is 2. The lowest BCUT2D eigenvalue weighted by atomic mass is 10.2. The number of ether oxygens (including phenoxy) is 5. The molecule has 0 aromatic heterocycles. The van der Waals surface area contributed by atoms with E-state index < -0.39 is 99.9 Å². The van der Waals surface area contributed by atoms with Gasteiger partial charge in [-0.15, -0.1) is 0 Å². The maximum atomic E-state index is 13.4. The minimum Gasteiger partial charge on any atom is -0.467 e. The highest BCUT2D eigenvalue weighted by Gasteiger charge is 2.47. The van der Waals surface area contributed by atoms with Crippen LogP contribution < -0.4 is 0 Å². The first-order valence-electron chi connectivity index (χ1n) is 12.4. The fourth-order valence-electron chi connectivity index (χ4n) is 2.86. The van der Waals surface area contributed by atoms with E-state index in [2.05, 4.69) is 32.1 Å². The summed E-state index contributed by atoms with van der Waals surface area (Å²) in [5, 5.41) is 0. The predicted octanol–water partition coefficient (Wildman–Crippen LogP) is 8.20. The summed E-state index contributed by atoms with van der Waals surface area (Å²) in [7, 11) is 0. The molecule has 4 unspecified atom stereocenters. The third-order valence-corrected chi connectivity index (χ3v) is 5.11. The highest BCUT2D eigenvalue weighted by molar-refractivity contribution is 4.98. The molecule has 0 bridgehead atoms. The topological polar surface area (TPSA) is 46.2 Å². The SMILES string of the molecule is C=C(CC(OCC(OCCCC)C(F)(F)F)C(F)(F)F)OC(=C)CC(OCC(OCCCC)C(F)(F)F)C(F)(F)F. The summed E-state index contributed by atoms with van der Waals surface area (Å²) in [6.07, 6.45) is -33.1. The molecule has 0 aliphatic rings. The van der Waals surface area contributed by atoms with Crippen molar-refractivity contribution in [1.82, 2.24) is 0 Å². The van der Waals surface area contributed by atoms with Gasteiger partial charge in [-0.2, -0.15) is 52.7 Å². The standard InChI is InChI=1S/C24H34F12O5/c1-5-7-9-37-19(23(31,32)33)13-39-17(21(25,26)27)11-15(3)41-16(4)12-18(22(28,29)30)40-14-20(24(34,35)36)38-10-8-6-2/h17-20H,3-14H2,1-2H3. The molecule has 0 aromatic rings. The molecule has 0 saturated heterocycles. The molecule has 0 heterocycles. The van der Waals surface area contributed by atoms with Crippen LogP contribution in [-0.2, 0) is 23.7 Å². The van der Waals surface area contributed by atoms with Crippen molar-refractivity contribution in [3.05, 3.63) is 24.7 Å². The van der Waals surface area contributed by atoms with Gasteiger partial charge in [0.25, 0.3) is 0 Å². The van der Waals surface area contributed by atoms with E-state index in [4.69, 9.17) is 4.74 Å². The summed E-state index contributed by atoms with van der Waals surface area (Å²) in [6, 6.07) is 0. The van der Waals surface area contributed by atoms with Crippen LogP contribution in [0.2, 0.25) is 0 Å². The Morgan fingerprint density at radius 3 is 1.05 bits per heavy atom. The van der Waals surface area contributed by atoms with Gasteiger partial charge in [-0.1, -0.05) is 39.8 Å². The second kappa shape index (κ2) is 17.4. The lowest BCUT2D eigenvalue weighted by Crippen LogP contribution is -2.41. The van der Waals surface area contributed by atoms with Crippen LogP contribution in [0.4, 0.5) is 52.7 Å². The van der Waals surface area contributed by atoms with Gasteiger partial charge in [0.2, 0.25) is 0 Å². The summed E-state index contributed by atoms with van der Waals surface area (Å²) in [5.41, 5.74) is 0. The molecule has 0 N–H and O–H groups in total. The minimum atomic E-state index is -5.24. The van der Waals surface area contributed by atoms with Crippen molar-refractivity contribution in [2.75, 3.05) is 26.4 Å². The molecule has 0 radical (unpaired) electrons. The van der Waals surface area contributed by atoms with Crippen molar-refractivity contribution >= 4 is 0 Å². The molecule has 4 atom stereocenters. The van der Waals surface area contributed by atoms with Crippen LogP contribution in [-0.4, -0.2) is 75.5 Å². The Labute approximate surface area is 229 Å². The highest BCUT2D eigenvalue weighted by Crippen LogP contribution is 2.33. The zero-order valence-corrected chi connectivity index (χ0v) is 22.4. The molecule has 17 heteroatoms. The van der Waals surface area contributed by atoms with Crippen molar-refractivity contribution in [1.29, 1.82) is 0 Å². The number of hydrogen-bond donors (Lipinski definition) is 0. The van der Waals surface area contributed by atoms with Crippen molar-refractivity contribution in [2.24, 2.45) is 0 Å². The van der Waals surface area contributed by atoms with Crippen molar-refractivity contribution in [3.8, 4) is 0 Å². The molecule has 0 amide bonds. The Morgan fingerprint density at radius 1 is 0.512 bits per heavy atom. The van der Waals surface area contributed by atoms with Gasteiger partial charge in [-0.05, 0) is 12.8 Å². The second-order valence-electron chi connectivity index (χ2n) is 8.82. The average molecular weight is 631 g/mol. The van der Waals surface area contributed by atoms with E-state index >= 15 is 0 Å². The summed E-state index contributed by atoms with van der Waals surface area (Å²) >= 11 is 0. The van der Waals surface area contributed by atoms with E-state index in [0.29, 0.717) is 12.8 Å². The summed E-state index contributed by atoms with van der Waals surface area (Å²) in [4.78, 5) is 0. The first-order chi connectivity index (χ1) is 18.6. The number of halogens is 12. The Bertz CT molecular complexity index is 700. The molecule has 41 heavy (non-hydrogen) atoms. The van der Waals surface area contributed by atoms with Crippen molar-refractivity contribution in [3.63, 3.8) is 0 Å². The zero-order valence-electron chi connectivity index (χ0n) is 22.4. The monoisotopic (exact) mass is 630 g/mol. The third-order valence-electron chi connectivity index (χ3n) is 5.11. The van der Waals surface area contributed by atoms with E-state index in [1.54, 1.807) is 13.8 Å². The van der Waals surface area contributed by atoms with Gasteiger partial charge in [0.1, 0.15) is 0 Å². The number of rotatable bonds is 20. The molecule has 0 rings (SSSR count). The Hall–Kier alpha value is -1.72. The van der Waals surface area contributed by atoms with Crippen molar-refractivity contribution < 1.29 is 76.4 Å². The largest absolute Gasteiger partial charge is 0.467 e. The Morgan fingerprint density at radius 2 is 0.805 bits per heavy atom. The Kier molecular flexibility index (Phi) is 16.7. The van der Waals surface area contributed by atoms with Gasteiger partial charge in [0, 0.05) is 26.1 Å². The summed E-state index contributed by atoms with van der Waals surface area (Å²) in [5.74, 6) is -1.77. The maximum absolute atomic E-state index is 13.4. The molecule has 0 fully saturated rings. The first-order valence-corrected chi connectivity index (χ1v) is 12.4. The van der Waals surface area contributed by atoms with E-state index in [-0.39, 0.29) is 12.8 Å². The molecule has 0 saturated carbocycles. The van der Waals surface area contributed by atoms with Crippen LogP contribution >= 0.6 is 0 Å². The molecule has 0 aromatic carbocycles. The third kappa shape index (κ3) is 17.1. The summed E-state index contributed by atoms with van der Waals surface area (Å²) in [6.45, 7) is 5.60. The normalized spacial score (nSPS) is 16.2. The van der Waals surface area contributed by atoms with Gasteiger partial charge in [-0.3, -0.25) is 0 Å². The molecular weight excluding hydrogens is 596 g/mol. The molecule has 0 aliphatic heterocycles. The van der Waals surface area contributed by atoms with E-state index in [0.717, 1.165) is 0 Å². The van der Waals surface area contributed by atoms with Gasteiger partial charge in [0.15, 0.2) is 24.4 Å². The van der Waals surface area contributed by atoms with Crippen LogP contribution in [0, 0.1) is 0 Å². The number of alkyl halides is 12. The second-order valence-corrected chi connectivity index (χ2v) is 8.82.